The van der Waals surface area contributed by atoms with Gasteiger partial charge in [-0.15, -0.1) is 0 Å². The van der Waals surface area contributed by atoms with Crippen LogP contribution in [0.5, 0.6) is 11.5 Å². The molecular formula is C35H36N2O2. The molecule has 0 spiro atoms. The molecule has 0 fully saturated rings. The first-order chi connectivity index (χ1) is 19.2. The second-order valence-corrected chi connectivity index (χ2v) is 11.1. The van der Waals surface area contributed by atoms with E-state index in [2.05, 4.69) is 109 Å². The van der Waals surface area contributed by atoms with Gasteiger partial charge in [-0.3, -0.25) is 9.80 Å². The van der Waals surface area contributed by atoms with Gasteiger partial charge in [0.2, 0.25) is 0 Å². The van der Waals surface area contributed by atoms with Crippen LogP contribution in [-0.2, 0) is 18.5 Å². The van der Waals surface area contributed by atoms with Crippen LogP contribution in [0, 0.1) is 0 Å². The van der Waals surface area contributed by atoms with Crippen molar-refractivity contribution in [3.05, 3.63) is 118 Å². The summed E-state index contributed by atoms with van der Waals surface area (Å²) in [5.74, 6) is 2.02. The first-order valence-corrected chi connectivity index (χ1v) is 14.4. The Kier molecular flexibility index (Phi) is 6.18. The lowest BCUT2D eigenvalue weighted by atomic mass is 9.67. The summed E-state index contributed by atoms with van der Waals surface area (Å²) in [7, 11) is 0. The van der Waals surface area contributed by atoms with E-state index in [4.69, 9.17) is 9.47 Å². The molecule has 0 saturated carbocycles. The van der Waals surface area contributed by atoms with Gasteiger partial charge < -0.3 is 9.47 Å². The highest BCUT2D eigenvalue weighted by atomic mass is 16.5. The summed E-state index contributed by atoms with van der Waals surface area (Å²) in [4.78, 5) is 4.79. The van der Waals surface area contributed by atoms with Crippen LogP contribution in [0.4, 0.5) is 0 Å². The van der Waals surface area contributed by atoms with Crippen LogP contribution in [0.1, 0.15) is 60.1 Å². The molecule has 4 nitrogen and oxygen atoms in total. The summed E-state index contributed by atoms with van der Waals surface area (Å²) in [5, 5.41) is 0. The van der Waals surface area contributed by atoms with Gasteiger partial charge in [-0.05, 0) is 70.5 Å². The van der Waals surface area contributed by atoms with E-state index in [9.17, 15) is 0 Å². The van der Waals surface area contributed by atoms with Gasteiger partial charge in [0.1, 0.15) is 25.0 Å². The van der Waals surface area contributed by atoms with Crippen LogP contribution >= 0.6 is 0 Å². The van der Waals surface area contributed by atoms with Gasteiger partial charge in [0.15, 0.2) is 0 Å². The molecule has 0 radical (unpaired) electrons. The Labute approximate surface area is 231 Å². The van der Waals surface area contributed by atoms with Crippen molar-refractivity contribution in [2.75, 3.05) is 26.6 Å². The summed E-state index contributed by atoms with van der Waals surface area (Å²) in [6, 6.07) is 31.7. The number of nitrogens with zero attached hydrogens (tertiary/aromatic N) is 2. The van der Waals surface area contributed by atoms with Crippen molar-refractivity contribution >= 4 is 0 Å². The van der Waals surface area contributed by atoms with E-state index in [0.717, 1.165) is 50.5 Å². The van der Waals surface area contributed by atoms with E-state index >= 15 is 0 Å². The van der Waals surface area contributed by atoms with Crippen molar-refractivity contribution in [2.24, 2.45) is 0 Å². The van der Waals surface area contributed by atoms with E-state index in [1.807, 2.05) is 0 Å². The molecule has 0 unspecified atom stereocenters. The molecule has 198 valence electrons. The van der Waals surface area contributed by atoms with Crippen LogP contribution in [0.25, 0.3) is 11.1 Å². The Morgan fingerprint density at radius 3 is 1.54 bits per heavy atom. The molecule has 0 amide bonds. The van der Waals surface area contributed by atoms with E-state index in [1.165, 1.54) is 44.5 Å². The summed E-state index contributed by atoms with van der Waals surface area (Å²) in [6.45, 7) is 9.70. The molecule has 4 aromatic rings. The quantitative estimate of drug-likeness (QED) is 0.239. The molecule has 0 N–H and O–H groups in total. The third kappa shape index (κ3) is 3.89. The van der Waals surface area contributed by atoms with Crippen LogP contribution in [0.2, 0.25) is 0 Å². The molecule has 2 aliphatic heterocycles. The fourth-order valence-electron chi connectivity index (χ4n) is 6.99. The molecule has 0 atom stereocenters. The molecule has 7 rings (SSSR count). The standard InChI is InChI=1S/C35H36N2O2/c1-3-17-36-21-25-19-27(13-15-33(25)38-23-36)35(28-14-16-34-26(20-28)22-37(18-4-2)24-39-34)31-11-7-5-9-29(31)30-10-6-8-12-32(30)35/h5-16,19-20H,3-4,17-18,21-24H2,1-2H3. The molecule has 4 heteroatoms. The Balaban J connectivity index is 1.46. The predicted molar refractivity (Wildman–Crippen MR) is 156 cm³/mol. The zero-order valence-corrected chi connectivity index (χ0v) is 23.0. The van der Waals surface area contributed by atoms with Gasteiger partial charge in [0.25, 0.3) is 0 Å². The van der Waals surface area contributed by atoms with Crippen molar-refractivity contribution in [1.82, 2.24) is 9.80 Å². The molecule has 1 aliphatic carbocycles. The monoisotopic (exact) mass is 516 g/mol. The molecule has 0 saturated heterocycles. The number of fused-ring (bicyclic) bond motifs is 5. The Morgan fingerprint density at radius 1 is 0.615 bits per heavy atom. The average Bonchev–Trinajstić information content (AvgIpc) is 3.28. The smallest absolute Gasteiger partial charge is 0.142 e. The van der Waals surface area contributed by atoms with Crippen molar-refractivity contribution in [3.8, 4) is 22.6 Å². The number of hydrogen-bond donors (Lipinski definition) is 0. The molecule has 3 aliphatic rings. The summed E-state index contributed by atoms with van der Waals surface area (Å²) in [5.41, 5.74) is 10.0. The van der Waals surface area contributed by atoms with Crippen LogP contribution in [0.15, 0.2) is 84.9 Å². The predicted octanol–water partition coefficient (Wildman–Crippen LogP) is 7.17. The average molecular weight is 517 g/mol. The van der Waals surface area contributed by atoms with E-state index in [1.54, 1.807) is 0 Å². The van der Waals surface area contributed by atoms with Gasteiger partial charge in [-0.2, -0.15) is 0 Å². The molecule has 39 heavy (non-hydrogen) atoms. The van der Waals surface area contributed by atoms with Gasteiger partial charge in [-0.25, -0.2) is 0 Å². The zero-order chi connectivity index (χ0) is 26.4. The molecule has 4 aromatic carbocycles. The summed E-state index contributed by atoms with van der Waals surface area (Å²) in [6.07, 6.45) is 2.24. The van der Waals surface area contributed by atoms with Crippen molar-refractivity contribution in [2.45, 2.75) is 45.2 Å². The third-order valence-electron chi connectivity index (χ3n) is 8.61. The molecule has 0 aromatic heterocycles. The van der Waals surface area contributed by atoms with Crippen LogP contribution in [-0.4, -0.2) is 36.4 Å². The maximum atomic E-state index is 6.20. The van der Waals surface area contributed by atoms with E-state index < -0.39 is 5.41 Å². The van der Waals surface area contributed by atoms with Gasteiger partial charge >= 0.3 is 0 Å². The Hall–Kier alpha value is -3.60. The first kappa shape index (κ1) is 24.4. The number of rotatable bonds is 6. The fraction of sp³-hybridized carbons (Fsp3) is 0.314. The Morgan fingerprint density at radius 2 is 1.08 bits per heavy atom. The number of ether oxygens (including phenoxy) is 2. The minimum absolute atomic E-state index is 0.419. The van der Waals surface area contributed by atoms with Crippen molar-refractivity contribution in [1.29, 1.82) is 0 Å². The fourth-order valence-corrected chi connectivity index (χ4v) is 6.99. The Bertz CT molecular complexity index is 1410. The van der Waals surface area contributed by atoms with Crippen LogP contribution in [0.3, 0.4) is 0 Å². The second-order valence-electron chi connectivity index (χ2n) is 11.1. The van der Waals surface area contributed by atoms with Gasteiger partial charge in [0.05, 0.1) is 5.41 Å². The summed E-state index contributed by atoms with van der Waals surface area (Å²) < 4.78 is 12.4. The molecule has 0 bridgehead atoms. The lowest BCUT2D eigenvalue weighted by molar-refractivity contribution is 0.0953. The van der Waals surface area contributed by atoms with E-state index in [0.29, 0.717) is 13.5 Å². The minimum Gasteiger partial charge on any atom is -0.478 e. The highest BCUT2D eigenvalue weighted by molar-refractivity contribution is 5.86. The topological polar surface area (TPSA) is 24.9 Å². The second kappa shape index (κ2) is 9.86. The highest BCUT2D eigenvalue weighted by Crippen LogP contribution is 2.56. The maximum Gasteiger partial charge on any atom is 0.142 e. The zero-order valence-electron chi connectivity index (χ0n) is 23.0. The van der Waals surface area contributed by atoms with Gasteiger partial charge in [0, 0.05) is 37.3 Å². The lowest BCUT2D eigenvalue weighted by Crippen LogP contribution is -2.34. The SMILES string of the molecule is CCCN1COc2ccc(C3(c4ccc5c(c4)CN(CCC)CO5)c4ccccc4-c4ccccc43)cc2C1. The molecular weight excluding hydrogens is 480 g/mol. The minimum atomic E-state index is -0.419. The van der Waals surface area contributed by atoms with Crippen molar-refractivity contribution in [3.63, 3.8) is 0 Å². The third-order valence-corrected chi connectivity index (χ3v) is 8.61. The highest BCUT2D eigenvalue weighted by Gasteiger charge is 2.46. The van der Waals surface area contributed by atoms with Crippen molar-refractivity contribution < 1.29 is 9.47 Å². The van der Waals surface area contributed by atoms with Gasteiger partial charge in [-0.1, -0.05) is 74.5 Å². The number of hydrogen-bond acceptors (Lipinski definition) is 4. The first-order valence-electron chi connectivity index (χ1n) is 14.4. The normalized spacial score (nSPS) is 17.4. The van der Waals surface area contributed by atoms with Crippen LogP contribution < -0.4 is 9.47 Å². The molecule has 2 heterocycles. The number of benzene rings is 4. The van der Waals surface area contributed by atoms with E-state index in [-0.39, 0.29) is 0 Å². The summed E-state index contributed by atoms with van der Waals surface area (Å²) >= 11 is 0. The largest absolute Gasteiger partial charge is 0.478 e. The maximum absolute atomic E-state index is 6.20. The lowest BCUT2D eigenvalue weighted by Gasteiger charge is -2.37.